The van der Waals surface area contributed by atoms with Crippen molar-refractivity contribution in [3.8, 4) is 0 Å². The van der Waals surface area contributed by atoms with Crippen LogP contribution >= 0.6 is 0 Å². The van der Waals surface area contributed by atoms with Gasteiger partial charge in [-0.3, -0.25) is 4.79 Å². The van der Waals surface area contributed by atoms with Crippen molar-refractivity contribution >= 4 is 24.2 Å². The normalized spacial score (nSPS) is 29.6. The fourth-order valence-corrected chi connectivity index (χ4v) is 4.06. The van der Waals surface area contributed by atoms with Gasteiger partial charge in [0, 0.05) is 38.2 Å². The van der Waals surface area contributed by atoms with Crippen LogP contribution in [0.25, 0.3) is 0 Å². The maximum Gasteiger partial charge on any atom is 0.494 e. The predicted octanol–water partition coefficient (Wildman–Crippen LogP) is 1.65. The van der Waals surface area contributed by atoms with Crippen LogP contribution in [0.2, 0.25) is 0 Å². The van der Waals surface area contributed by atoms with Crippen LogP contribution in [0, 0.1) is 5.92 Å². The van der Waals surface area contributed by atoms with Crippen LogP contribution in [0.4, 0.5) is 5.69 Å². The molecule has 3 heterocycles. The molecule has 2 unspecified atom stereocenters. The average molecular weight is 342 g/mol. The van der Waals surface area contributed by atoms with Crippen LogP contribution in [0.1, 0.15) is 34.6 Å². The lowest BCUT2D eigenvalue weighted by Crippen LogP contribution is -2.57. The third kappa shape index (κ3) is 2.66. The van der Waals surface area contributed by atoms with Crippen LogP contribution in [0.3, 0.4) is 0 Å². The number of amides is 1. The molecule has 134 valence electrons. The first-order valence-corrected chi connectivity index (χ1v) is 9.16. The molecule has 0 saturated carbocycles. The van der Waals surface area contributed by atoms with Gasteiger partial charge >= 0.3 is 7.12 Å². The van der Waals surface area contributed by atoms with E-state index in [1.165, 1.54) is 5.69 Å². The Hall–Kier alpha value is -1.53. The van der Waals surface area contributed by atoms with Crippen molar-refractivity contribution in [2.75, 3.05) is 24.5 Å². The minimum absolute atomic E-state index is 0.189. The summed E-state index contributed by atoms with van der Waals surface area (Å²) in [6, 6.07) is 8.82. The van der Waals surface area contributed by atoms with Crippen molar-refractivity contribution in [2.24, 2.45) is 5.92 Å². The lowest BCUT2D eigenvalue weighted by molar-refractivity contribution is -0.138. The summed E-state index contributed by atoms with van der Waals surface area (Å²) in [6.07, 6.45) is 0. The summed E-state index contributed by atoms with van der Waals surface area (Å²) in [6.45, 7) is 12.8. The molecule has 0 radical (unpaired) electrons. The average Bonchev–Trinajstić information content (AvgIpc) is 2.93. The van der Waals surface area contributed by atoms with Gasteiger partial charge in [0.25, 0.3) is 0 Å². The van der Waals surface area contributed by atoms with Crippen molar-refractivity contribution in [2.45, 2.75) is 51.9 Å². The van der Waals surface area contributed by atoms with Crippen molar-refractivity contribution in [1.82, 2.24) is 4.90 Å². The van der Waals surface area contributed by atoms with E-state index in [-0.39, 0.29) is 24.2 Å². The highest BCUT2D eigenvalue weighted by Gasteiger charge is 2.52. The molecule has 0 bridgehead atoms. The molecule has 5 nitrogen and oxygen atoms in total. The van der Waals surface area contributed by atoms with E-state index >= 15 is 0 Å². The second kappa shape index (κ2) is 5.48. The van der Waals surface area contributed by atoms with Gasteiger partial charge in [0.05, 0.1) is 17.2 Å². The van der Waals surface area contributed by atoms with Gasteiger partial charge in [0.2, 0.25) is 5.91 Å². The molecule has 1 amide bonds. The predicted molar refractivity (Wildman–Crippen MR) is 99.0 cm³/mol. The van der Waals surface area contributed by atoms with Gasteiger partial charge in [0.1, 0.15) is 0 Å². The van der Waals surface area contributed by atoms with E-state index in [0.717, 1.165) is 25.1 Å². The first kappa shape index (κ1) is 16.9. The van der Waals surface area contributed by atoms with Crippen LogP contribution in [0.15, 0.2) is 24.3 Å². The summed E-state index contributed by atoms with van der Waals surface area (Å²) >= 11 is 0. The third-order valence-corrected chi connectivity index (χ3v) is 6.40. The van der Waals surface area contributed by atoms with E-state index in [9.17, 15) is 4.79 Å². The van der Waals surface area contributed by atoms with Crippen LogP contribution in [0.5, 0.6) is 0 Å². The highest BCUT2D eigenvalue weighted by atomic mass is 16.7. The molecule has 1 aromatic carbocycles. The highest BCUT2D eigenvalue weighted by molar-refractivity contribution is 6.62. The lowest BCUT2D eigenvalue weighted by atomic mass is 9.79. The molecule has 3 fully saturated rings. The van der Waals surface area contributed by atoms with Gasteiger partial charge in [-0.25, -0.2) is 0 Å². The number of rotatable bonds is 2. The number of nitrogens with zero attached hydrogens (tertiary/aromatic N) is 2. The number of hydrogen-bond donors (Lipinski definition) is 0. The minimum atomic E-state index is -0.335. The van der Waals surface area contributed by atoms with Gasteiger partial charge in [-0.2, -0.15) is 0 Å². The Morgan fingerprint density at radius 3 is 2.44 bits per heavy atom. The van der Waals surface area contributed by atoms with E-state index in [2.05, 4.69) is 56.9 Å². The molecule has 3 saturated heterocycles. The minimum Gasteiger partial charge on any atom is -0.399 e. The molecule has 0 spiro atoms. The van der Waals surface area contributed by atoms with Crippen molar-refractivity contribution in [3.05, 3.63) is 24.3 Å². The van der Waals surface area contributed by atoms with Gasteiger partial charge in [-0.05, 0) is 45.3 Å². The molecule has 0 aliphatic carbocycles. The summed E-state index contributed by atoms with van der Waals surface area (Å²) < 4.78 is 12.4. The zero-order chi connectivity index (χ0) is 18.0. The lowest BCUT2D eigenvalue weighted by Gasteiger charge is -2.42. The standard InChI is InChI=1S/C19H27BN2O3/c1-13(23)22-11-14-10-21(12-17(14)22)16-8-6-7-15(9-16)20-24-18(2,3)19(4,5)25-20/h6-9,14,17H,10-12H2,1-5H3. The van der Waals surface area contributed by atoms with Gasteiger partial charge in [-0.15, -0.1) is 0 Å². The monoisotopic (exact) mass is 342 g/mol. The van der Waals surface area contributed by atoms with Crippen LogP contribution in [-0.4, -0.2) is 54.8 Å². The summed E-state index contributed by atoms with van der Waals surface area (Å²) in [5.41, 5.74) is 1.58. The Labute approximate surface area is 150 Å². The first-order valence-electron chi connectivity index (χ1n) is 9.16. The molecule has 0 aromatic heterocycles. The maximum atomic E-state index is 11.6. The quantitative estimate of drug-likeness (QED) is 0.767. The van der Waals surface area contributed by atoms with Gasteiger partial charge in [0.15, 0.2) is 0 Å². The summed E-state index contributed by atoms with van der Waals surface area (Å²) in [5.74, 6) is 0.790. The Bertz CT molecular complexity index is 690. The molecule has 6 heteroatoms. The zero-order valence-electron chi connectivity index (χ0n) is 15.8. The second-order valence-corrected chi connectivity index (χ2v) is 8.59. The summed E-state index contributed by atoms with van der Waals surface area (Å²) in [5, 5.41) is 0. The summed E-state index contributed by atoms with van der Waals surface area (Å²) in [4.78, 5) is 16.0. The molecule has 3 aliphatic heterocycles. The zero-order valence-corrected chi connectivity index (χ0v) is 15.8. The van der Waals surface area contributed by atoms with Crippen molar-refractivity contribution in [1.29, 1.82) is 0 Å². The Morgan fingerprint density at radius 1 is 1.12 bits per heavy atom. The second-order valence-electron chi connectivity index (χ2n) is 8.59. The van der Waals surface area contributed by atoms with E-state index < -0.39 is 0 Å². The topological polar surface area (TPSA) is 42.0 Å². The molecule has 3 aliphatic rings. The fraction of sp³-hybridized carbons (Fsp3) is 0.632. The van der Waals surface area contributed by atoms with Gasteiger partial charge in [-0.1, -0.05) is 12.1 Å². The highest BCUT2D eigenvalue weighted by Crippen LogP contribution is 2.37. The number of hydrogen-bond acceptors (Lipinski definition) is 4. The van der Waals surface area contributed by atoms with Crippen molar-refractivity contribution in [3.63, 3.8) is 0 Å². The van der Waals surface area contributed by atoms with E-state index in [1.807, 2.05) is 4.90 Å². The van der Waals surface area contributed by atoms with Crippen LogP contribution < -0.4 is 10.4 Å². The summed E-state index contributed by atoms with van der Waals surface area (Å²) in [7, 11) is -0.335. The number of fused-ring (bicyclic) bond motifs is 1. The molecule has 25 heavy (non-hydrogen) atoms. The number of benzene rings is 1. The van der Waals surface area contributed by atoms with Crippen LogP contribution in [-0.2, 0) is 14.1 Å². The molecular formula is C19H27BN2O3. The third-order valence-electron chi connectivity index (χ3n) is 6.40. The maximum absolute atomic E-state index is 11.6. The molecule has 4 rings (SSSR count). The fourth-order valence-electron chi connectivity index (χ4n) is 4.06. The van der Waals surface area contributed by atoms with E-state index in [1.54, 1.807) is 6.92 Å². The largest absolute Gasteiger partial charge is 0.494 e. The van der Waals surface area contributed by atoms with E-state index in [4.69, 9.17) is 9.31 Å². The number of carbonyl (C=O) groups is 1. The Morgan fingerprint density at radius 2 is 1.80 bits per heavy atom. The van der Waals surface area contributed by atoms with Crippen molar-refractivity contribution < 1.29 is 14.1 Å². The number of likely N-dealkylation sites (tertiary alicyclic amines) is 1. The Balaban J connectivity index is 1.51. The smallest absolute Gasteiger partial charge is 0.399 e. The van der Waals surface area contributed by atoms with E-state index in [0.29, 0.717) is 12.0 Å². The molecule has 0 N–H and O–H groups in total. The molecule has 2 atom stereocenters. The van der Waals surface area contributed by atoms with Gasteiger partial charge < -0.3 is 19.1 Å². The molecule has 1 aromatic rings. The number of anilines is 1. The molecular weight excluding hydrogens is 315 g/mol. The Kier molecular flexibility index (Phi) is 3.71. The SMILES string of the molecule is CC(=O)N1CC2CN(c3cccc(B4OC(C)(C)C(C)(C)O4)c3)CC21. The first-order chi connectivity index (χ1) is 11.7. The number of carbonyl (C=O) groups excluding carboxylic acids is 1.